The molecule has 0 N–H and O–H groups in total. The van der Waals surface area contributed by atoms with Gasteiger partial charge in [0.2, 0.25) is 0 Å². The van der Waals surface area contributed by atoms with Gasteiger partial charge in [-0.1, -0.05) is 23.2 Å². The van der Waals surface area contributed by atoms with Gasteiger partial charge in [-0.05, 0) is 30.3 Å². The number of hydrogen-bond donors (Lipinski definition) is 0. The number of benzene rings is 2. The molecule has 0 bridgehead atoms. The number of carbonyl (C=O) groups excluding carboxylic acids is 1. The molecule has 0 unspecified atom stereocenters. The maximum absolute atomic E-state index is 13.6. The van der Waals surface area contributed by atoms with E-state index in [1.807, 2.05) is 0 Å². The van der Waals surface area contributed by atoms with Crippen molar-refractivity contribution in [2.75, 3.05) is 0 Å². The molecule has 2 rings (SSSR count). The standard InChI is InChI=1S/C13H5Cl2F3O/c14-6-1-2-7(10(16)3-6)13(19)8-4-12(18)9(15)5-11(8)17/h1-5H. The summed E-state index contributed by atoms with van der Waals surface area (Å²) in [6, 6.07) is 4.60. The van der Waals surface area contributed by atoms with Crippen molar-refractivity contribution in [2.45, 2.75) is 0 Å². The average Bonchev–Trinajstić information content (AvgIpc) is 2.33. The summed E-state index contributed by atoms with van der Waals surface area (Å²) in [7, 11) is 0. The summed E-state index contributed by atoms with van der Waals surface area (Å²) in [4.78, 5) is 11.9. The van der Waals surface area contributed by atoms with Crippen molar-refractivity contribution < 1.29 is 18.0 Å². The maximum Gasteiger partial charge on any atom is 0.199 e. The lowest BCUT2D eigenvalue weighted by molar-refractivity contribution is 0.103. The largest absolute Gasteiger partial charge is 0.288 e. The molecule has 0 aliphatic carbocycles. The summed E-state index contributed by atoms with van der Waals surface area (Å²) in [5, 5.41) is -0.359. The van der Waals surface area contributed by atoms with Crippen LogP contribution in [0.15, 0.2) is 30.3 Å². The minimum atomic E-state index is -1.02. The van der Waals surface area contributed by atoms with Crippen LogP contribution in [0.25, 0.3) is 0 Å². The van der Waals surface area contributed by atoms with E-state index in [1.165, 1.54) is 6.07 Å². The fourth-order valence-electron chi connectivity index (χ4n) is 1.52. The Morgan fingerprint density at radius 1 is 0.842 bits per heavy atom. The van der Waals surface area contributed by atoms with E-state index in [0.29, 0.717) is 12.1 Å². The molecule has 0 heterocycles. The van der Waals surface area contributed by atoms with Gasteiger partial charge >= 0.3 is 0 Å². The predicted octanol–water partition coefficient (Wildman–Crippen LogP) is 4.64. The van der Waals surface area contributed by atoms with Crippen molar-refractivity contribution in [2.24, 2.45) is 0 Å². The van der Waals surface area contributed by atoms with Gasteiger partial charge in [0.05, 0.1) is 16.1 Å². The monoisotopic (exact) mass is 304 g/mol. The summed E-state index contributed by atoms with van der Waals surface area (Å²) in [5.41, 5.74) is -0.992. The highest BCUT2D eigenvalue weighted by molar-refractivity contribution is 6.31. The predicted molar refractivity (Wildman–Crippen MR) is 66.2 cm³/mol. The molecular weight excluding hydrogens is 300 g/mol. The molecule has 0 spiro atoms. The van der Waals surface area contributed by atoms with Gasteiger partial charge < -0.3 is 0 Å². The Bertz CT molecular complexity index is 671. The molecule has 0 aromatic heterocycles. The molecule has 1 nitrogen and oxygen atoms in total. The molecule has 19 heavy (non-hydrogen) atoms. The first-order chi connectivity index (χ1) is 8.90. The van der Waals surface area contributed by atoms with E-state index in [4.69, 9.17) is 23.2 Å². The summed E-state index contributed by atoms with van der Waals surface area (Å²) in [6.07, 6.45) is 0. The van der Waals surface area contributed by atoms with Gasteiger partial charge in [0, 0.05) is 5.02 Å². The van der Waals surface area contributed by atoms with Crippen molar-refractivity contribution in [1.29, 1.82) is 0 Å². The minimum Gasteiger partial charge on any atom is -0.288 e. The Morgan fingerprint density at radius 2 is 1.47 bits per heavy atom. The Labute approximate surface area is 116 Å². The summed E-state index contributed by atoms with van der Waals surface area (Å²) < 4.78 is 40.3. The van der Waals surface area contributed by atoms with E-state index in [1.54, 1.807) is 0 Å². The molecule has 0 atom stereocenters. The van der Waals surface area contributed by atoms with Crippen LogP contribution in [-0.4, -0.2) is 5.78 Å². The van der Waals surface area contributed by atoms with E-state index in [0.717, 1.165) is 12.1 Å². The smallest absolute Gasteiger partial charge is 0.199 e. The lowest BCUT2D eigenvalue weighted by atomic mass is 10.0. The zero-order valence-electron chi connectivity index (χ0n) is 9.18. The van der Waals surface area contributed by atoms with Crippen molar-refractivity contribution in [3.8, 4) is 0 Å². The van der Waals surface area contributed by atoms with E-state index in [9.17, 15) is 18.0 Å². The van der Waals surface area contributed by atoms with Gasteiger partial charge in [0.15, 0.2) is 5.78 Å². The fraction of sp³-hybridized carbons (Fsp3) is 0. The number of ketones is 1. The SMILES string of the molecule is O=C(c1ccc(Cl)cc1F)c1cc(F)c(Cl)cc1F. The zero-order chi connectivity index (χ0) is 14.2. The van der Waals surface area contributed by atoms with Crippen molar-refractivity contribution in [3.63, 3.8) is 0 Å². The number of rotatable bonds is 2. The third-order valence-electron chi connectivity index (χ3n) is 2.43. The molecule has 0 radical (unpaired) electrons. The molecule has 6 heteroatoms. The van der Waals surface area contributed by atoms with Gasteiger partial charge in [0.1, 0.15) is 17.5 Å². The van der Waals surface area contributed by atoms with Crippen molar-refractivity contribution in [3.05, 3.63) is 69.0 Å². The van der Waals surface area contributed by atoms with Crippen molar-refractivity contribution >= 4 is 29.0 Å². The van der Waals surface area contributed by atoms with Gasteiger partial charge in [-0.3, -0.25) is 4.79 Å². The van der Waals surface area contributed by atoms with Crippen LogP contribution >= 0.6 is 23.2 Å². The van der Waals surface area contributed by atoms with E-state index in [2.05, 4.69) is 0 Å². The second-order valence-corrected chi connectivity index (χ2v) is 4.54. The first-order valence-electron chi connectivity index (χ1n) is 5.04. The summed E-state index contributed by atoms with van der Waals surface area (Å²) in [5.74, 6) is -3.87. The lowest BCUT2D eigenvalue weighted by Gasteiger charge is -2.05. The quantitative estimate of drug-likeness (QED) is 0.583. The van der Waals surface area contributed by atoms with E-state index >= 15 is 0 Å². The highest BCUT2D eigenvalue weighted by atomic mass is 35.5. The van der Waals surface area contributed by atoms with Crippen molar-refractivity contribution in [1.82, 2.24) is 0 Å². The third-order valence-corrected chi connectivity index (χ3v) is 2.96. The Balaban J connectivity index is 2.53. The van der Waals surface area contributed by atoms with E-state index in [-0.39, 0.29) is 5.02 Å². The molecule has 0 saturated heterocycles. The first-order valence-corrected chi connectivity index (χ1v) is 5.80. The fourth-order valence-corrected chi connectivity index (χ4v) is 1.82. The van der Waals surface area contributed by atoms with Crippen LogP contribution in [0, 0.1) is 17.5 Å². The molecule has 2 aromatic rings. The Hall–Kier alpha value is -1.52. The molecule has 0 aliphatic rings. The van der Waals surface area contributed by atoms with Crippen LogP contribution in [0.4, 0.5) is 13.2 Å². The summed E-state index contributed by atoms with van der Waals surface area (Å²) >= 11 is 10.9. The van der Waals surface area contributed by atoms with Gasteiger partial charge in [-0.25, -0.2) is 13.2 Å². The molecule has 98 valence electrons. The topological polar surface area (TPSA) is 17.1 Å². The normalized spacial score (nSPS) is 10.6. The molecular formula is C13H5Cl2F3O. The van der Waals surface area contributed by atoms with Crippen LogP contribution in [0.3, 0.4) is 0 Å². The first kappa shape index (κ1) is 13.9. The lowest BCUT2D eigenvalue weighted by Crippen LogP contribution is -2.07. The number of carbonyl (C=O) groups is 1. The number of halogens is 5. The Kier molecular flexibility index (Phi) is 3.83. The molecule has 0 aliphatic heterocycles. The molecule has 0 fully saturated rings. The highest BCUT2D eigenvalue weighted by Crippen LogP contribution is 2.23. The minimum absolute atomic E-state index is 0.0943. The van der Waals surface area contributed by atoms with Gasteiger partial charge in [-0.15, -0.1) is 0 Å². The third kappa shape index (κ3) is 2.74. The second-order valence-electron chi connectivity index (χ2n) is 3.70. The molecule has 2 aromatic carbocycles. The average molecular weight is 305 g/mol. The maximum atomic E-state index is 13.6. The molecule has 0 saturated carbocycles. The number of hydrogen-bond acceptors (Lipinski definition) is 1. The van der Waals surface area contributed by atoms with Crippen LogP contribution in [-0.2, 0) is 0 Å². The van der Waals surface area contributed by atoms with E-state index < -0.39 is 39.4 Å². The van der Waals surface area contributed by atoms with Crippen LogP contribution in [0.5, 0.6) is 0 Å². The highest BCUT2D eigenvalue weighted by Gasteiger charge is 2.20. The van der Waals surface area contributed by atoms with Gasteiger partial charge in [-0.2, -0.15) is 0 Å². The second kappa shape index (κ2) is 5.23. The Morgan fingerprint density at radius 3 is 2.11 bits per heavy atom. The van der Waals surface area contributed by atoms with Crippen LogP contribution in [0.1, 0.15) is 15.9 Å². The zero-order valence-corrected chi connectivity index (χ0v) is 10.7. The van der Waals surface area contributed by atoms with Gasteiger partial charge in [0.25, 0.3) is 0 Å². The summed E-state index contributed by atoms with van der Waals surface area (Å²) in [6.45, 7) is 0. The van der Waals surface area contributed by atoms with Crippen LogP contribution < -0.4 is 0 Å². The van der Waals surface area contributed by atoms with Crippen LogP contribution in [0.2, 0.25) is 10.0 Å². The molecule has 0 amide bonds.